The maximum absolute atomic E-state index is 13.6. The molecule has 0 unspecified atom stereocenters. The zero-order chi connectivity index (χ0) is 16.0. The number of benzene rings is 1. The summed E-state index contributed by atoms with van der Waals surface area (Å²) in [5.74, 6) is -2.96. The first-order valence-corrected chi connectivity index (χ1v) is 6.07. The van der Waals surface area contributed by atoms with Gasteiger partial charge in [0, 0.05) is 12.2 Å². The van der Waals surface area contributed by atoms with Gasteiger partial charge in [-0.15, -0.1) is 0 Å². The number of methoxy groups -OCH3 is 1. The van der Waals surface area contributed by atoms with Crippen LogP contribution in [-0.2, 0) is 9.53 Å². The average Bonchev–Trinajstić information content (AvgIpc) is 2.41. The molecule has 0 aromatic heterocycles. The quantitative estimate of drug-likeness (QED) is 0.719. The lowest BCUT2D eigenvalue weighted by atomic mass is 10.2. The van der Waals surface area contributed by atoms with Crippen LogP contribution in [0.4, 0.5) is 14.9 Å². The van der Waals surface area contributed by atoms with Crippen molar-refractivity contribution in [1.29, 1.82) is 0 Å². The molecule has 7 nitrogen and oxygen atoms in total. The first-order chi connectivity index (χ1) is 9.85. The number of carbonyl (C=O) groups is 3. The van der Waals surface area contributed by atoms with Gasteiger partial charge in [-0.1, -0.05) is 11.6 Å². The number of hydrogen-bond donors (Lipinski definition) is 3. The lowest BCUT2D eigenvalue weighted by Gasteiger charge is -2.09. The molecule has 0 saturated heterocycles. The lowest BCUT2D eigenvalue weighted by molar-refractivity contribution is -0.136. The van der Waals surface area contributed by atoms with Crippen LogP contribution in [0, 0.1) is 5.82 Å². The van der Waals surface area contributed by atoms with Gasteiger partial charge in [0.25, 0.3) is 0 Å². The van der Waals surface area contributed by atoms with Gasteiger partial charge in [0.1, 0.15) is 0 Å². The van der Waals surface area contributed by atoms with Gasteiger partial charge in [-0.05, 0) is 12.1 Å². The molecule has 1 aromatic rings. The highest BCUT2D eigenvalue weighted by Crippen LogP contribution is 2.24. The smallest absolute Gasteiger partial charge is 0.340 e. The van der Waals surface area contributed by atoms with Crippen molar-refractivity contribution >= 4 is 35.3 Å². The largest absolute Gasteiger partial charge is 0.481 e. The normalized spacial score (nSPS) is 9.86. The lowest BCUT2D eigenvalue weighted by Crippen LogP contribution is -2.30. The molecule has 0 saturated carbocycles. The van der Waals surface area contributed by atoms with Crippen molar-refractivity contribution in [2.45, 2.75) is 6.42 Å². The molecule has 2 amide bonds. The third-order valence-corrected chi connectivity index (χ3v) is 2.59. The van der Waals surface area contributed by atoms with Crippen molar-refractivity contribution in [2.75, 3.05) is 19.0 Å². The Bertz CT molecular complexity index is 579. The fourth-order valence-electron chi connectivity index (χ4n) is 1.38. The van der Waals surface area contributed by atoms with Crippen LogP contribution in [0.5, 0.6) is 0 Å². The first-order valence-electron chi connectivity index (χ1n) is 5.69. The van der Waals surface area contributed by atoms with Gasteiger partial charge >= 0.3 is 18.0 Å². The molecule has 1 rings (SSSR count). The number of halogens is 2. The summed E-state index contributed by atoms with van der Waals surface area (Å²) in [4.78, 5) is 33.1. The maximum atomic E-state index is 13.6. The zero-order valence-corrected chi connectivity index (χ0v) is 11.7. The van der Waals surface area contributed by atoms with Gasteiger partial charge in [0.05, 0.1) is 24.1 Å². The Labute approximate surface area is 124 Å². The Balaban J connectivity index is 2.80. The summed E-state index contributed by atoms with van der Waals surface area (Å²) in [6.07, 6.45) is -0.245. The number of carbonyl (C=O) groups excluding carboxylic acids is 2. The summed E-state index contributed by atoms with van der Waals surface area (Å²) in [5.41, 5.74) is -0.361. The van der Waals surface area contributed by atoms with E-state index in [1.54, 1.807) is 0 Å². The van der Waals surface area contributed by atoms with Crippen LogP contribution in [0.1, 0.15) is 16.8 Å². The molecule has 21 heavy (non-hydrogen) atoms. The molecule has 1 aromatic carbocycles. The Kier molecular flexibility index (Phi) is 5.92. The van der Waals surface area contributed by atoms with E-state index in [1.165, 1.54) is 0 Å². The van der Waals surface area contributed by atoms with E-state index in [0.717, 1.165) is 19.2 Å². The molecule has 0 atom stereocenters. The minimum Gasteiger partial charge on any atom is -0.481 e. The number of anilines is 1. The van der Waals surface area contributed by atoms with Crippen molar-refractivity contribution < 1.29 is 28.6 Å². The van der Waals surface area contributed by atoms with Crippen LogP contribution in [0.25, 0.3) is 0 Å². The summed E-state index contributed by atoms with van der Waals surface area (Å²) in [5, 5.41) is 12.6. The third-order valence-electron chi connectivity index (χ3n) is 2.32. The van der Waals surface area contributed by atoms with Gasteiger partial charge in [0.15, 0.2) is 5.82 Å². The summed E-state index contributed by atoms with van der Waals surface area (Å²) < 4.78 is 18.0. The van der Waals surface area contributed by atoms with E-state index in [0.29, 0.717) is 0 Å². The van der Waals surface area contributed by atoms with Gasteiger partial charge in [0.2, 0.25) is 0 Å². The van der Waals surface area contributed by atoms with E-state index in [-0.39, 0.29) is 23.7 Å². The summed E-state index contributed by atoms with van der Waals surface area (Å²) >= 11 is 5.62. The SMILES string of the molecule is COC(=O)c1cc(NC(=O)NCCC(=O)O)cc(Cl)c1F. The molecule has 3 N–H and O–H groups in total. The van der Waals surface area contributed by atoms with E-state index in [1.807, 2.05) is 0 Å². The summed E-state index contributed by atoms with van der Waals surface area (Å²) in [6.45, 7) is -0.0834. The standard InChI is InChI=1S/C12H12ClFN2O5/c1-21-11(19)7-4-6(5-8(13)10(7)14)16-12(20)15-3-2-9(17)18/h4-5H,2-3H2,1H3,(H,17,18)(H2,15,16,20). The van der Waals surface area contributed by atoms with Crippen molar-refractivity contribution in [3.8, 4) is 0 Å². The second-order valence-corrected chi connectivity index (χ2v) is 4.24. The molecule has 0 fully saturated rings. The molecule has 114 valence electrons. The molecule has 0 spiro atoms. The van der Waals surface area contributed by atoms with E-state index in [2.05, 4.69) is 15.4 Å². The number of amides is 2. The molecular weight excluding hydrogens is 307 g/mol. The predicted octanol–water partition coefficient (Wildman–Crippen LogP) is 1.86. The number of carboxylic acid groups (broad SMARTS) is 1. The van der Waals surface area contributed by atoms with Crippen molar-refractivity contribution in [2.24, 2.45) is 0 Å². The summed E-state index contributed by atoms with van der Waals surface area (Å²) in [6, 6.07) is 1.46. The monoisotopic (exact) mass is 318 g/mol. The van der Waals surface area contributed by atoms with Crippen LogP contribution in [0.3, 0.4) is 0 Å². The summed E-state index contributed by atoms with van der Waals surface area (Å²) in [7, 11) is 1.08. The zero-order valence-electron chi connectivity index (χ0n) is 10.9. The number of nitrogens with one attached hydrogen (secondary N) is 2. The fraction of sp³-hybridized carbons (Fsp3) is 0.250. The van der Waals surface area contributed by atoms with Gasteiger partial charge in [-0.3, -0.25) is 4.79 Å². The molecule has 0 radical (unpaired) electrons. The second-order valence-electron chi connectivity index (χ2n) is 3.84. The van der Waals surface area contributed by atoms with Crippen molar-refractivity contribution in [3.05, 3.63) is 28.5 Å². The molecule has 9 heteroatoms. The number of aliphatic carboxylic acids is 1. The van der Waals surface area contributed by atoms with Crippen LogP contribution < -0.4 is 10.6 Å². The maximum Gasteiger partial charge on any atom is 0.340 e. The molecule has 0 heterocycles. The first kappa shape index (κ1) is 16.7. The molecule has 0 aliphatic rings. The Hall–Kier alpha value is -2.35. The number of urea groups is 1. The van der Waals surface area contributed by atoms with Crippen LogP contribution in [-0.4, -0.2) is 36.7 Å². The number of ether oxygens (including phenoxy) is 1. The minimum atomic E-state index is -1.06. The van der Waals surface area contributed by atoms with E-state index < -0.39 is 29.4 Å². The topological polar surface area (TPSA) is 105 Å². The van der Waals surface area contributed by atoms with Crippen molar-refractivity contribution in [3.63, 3.8) is 0 Å². The van der Waals surface area contributed by atoms with Crippen molar-refractivity contribution in [1.82, 2.24) is 5.32 Å². The number of esters is 1. The Morgan fingerprint density at radius 3 is 2.62 bits per heavy atom. The van der Waals surface area contributed by atoms with Crippen LogP contribution in [0.2, 0.25) is 5.02 Å². The Morgan fingerprint density at radius 2 is 2.05 bits per heavy atom. The molecule has 0 aliphatic carbocycles. The number of carboxylic acids is 1. The molecule has 0 bridgehead atoms. The van der Waals surface area contributed by atoms with Crippen LogP contribution >= 0.6 is 11.6 Å². The molecular formula is C12H12ClFN2O5. The van der Waals surface area contributed by atoms with Gasteiger partial charge in [-0.25, -0.2) is 14.0 Å². The number of hydrogen-bond acceptors (Lipinski definition) is 4. The highest BCUT2D eigenvalue weighted by atomic mass is 35.5. The van der Waals surface area contributed by atoms with Crippen LogP contribution in [0.15, 0.2) is 12.1 Å². The van der Waals surface area contributed by atoms with E-state index in [4.69, 9.17) is 16.7 Å². The Morgan fingerprint density at radius 1 is 1.38 bits per heavy atom. The predicted molar refractivity (Wildman–Crippen MR) is 72.0 cm³/mol. The average molecular weight is 319 g/mol. The fourth-order valence-corrected chi connectivity index (χ4v) is 1.60. The van der Waals surface area contributed by atoms with E-state index in [9.17, 15) is 18.8 Å². The third kappa shape index (κ3) is 4.92. The van der Waals surface area contributed by atoms with E-state index >= 15 is 0 Å². The second kappa shape index (κ2) is 7.44. The number of rotatable bonds is 5. The highest BCUT2D eigenvalue weighted by molar-refractivity contribution is 6.31. The minimum absolute atomic E-state index is 0.0645. The van der Waals surface area contributed by atoms with Gasteiger partial charge in [-0.2, -0.15) is 0 Å². The highest BCUT2D eigenvalue weighted by Gasteiger charge is 2.17. The van der Waals surface area contributed by atoms with Gasteiger partial charge < -0.3 is 20.5 Å². The molecule has 0 aliphatic heterocycles.